The summed E-state index contributed by atoms with van der Waals surface area (Å²) in [5.41, 5.74) is 8.77. The van der Waals surface area contributed by atoms with Crippen LogP contribution >= 0.6 is 0 Å². The summed E-state index contributed by atoms with van der Waals surface area (Å²) in [4.78, 5) is 21.3. The number of fused-ring (bicyclic) bond motifs is 2. The smallest absolute Gasteiger partial charge is 0.249 e. The number of carbonyl (C=O) groups is 1. The van der Waals surface area contributed by atoms with Crippen LogP contribution in [0.15, 0.2) is 42.5 Å². The summed E-state index contributed by atoms with van der Waals surface area (Å²) in [5.74, 6) is -0.437. The van der Waals surface area contributed by atoms with Crippen LogP contribution in [0.5, 0.6) is 5.88 Å². The summed E-state index contributed by atoms with van der Waals surface area (Å²) in [5, 5.41) is 3.89. The Morgan fingerprint density at radius 3 is 2.73 bits per heavy atom. The van der Waals surface area contributed by atoms with Gasteiger partial charge in [0, 0.05) is 29.3 Å². The van der Waals surface area contributed by atoms with Crippen LogP contribution in [0.3, 0.4) is 0 Å². The van der Waals surface area contributed by atoms with E-state index in [2.05, 4.69) is 10.3 Å². The molecule has 1 amide bonds. The molecule has 1 aliphatic rings. The first kappa shape index (κ1) is 20.9. The summed E-state index contributed by atoms with van der Waals surface area (Å²) in [6.45, 7) is 2.60. The zero-order valence-corrected chi connectivity index (χ0v) is 17.9. The molecule has 2 aromatic carbocycles. The number of ether oxygens (including phenoxy) is 1. The van der Waals surface area contributed by atoms with Gasteiger partial charge in [-0.15, -0.1) is 0 Å². The maximum atomic E-state index is 13.6. The van der Waals surface area contributed by atoms with Crippen molar-refractivity contribution >= 4 is 22.6 Å². The largest absolute Gasteiger partial charge is 0.477 e. The van der Waals surface area contributed by atoms with E-state index >= 15 is 0 Å². The first-order valence-corrected chi connectivity index (χ1v) is 10.5. The Balaban J connectivity index is 1.60. The molecule has 0 saturated carbocycles. The highest BCUT2D eigenvalue weighted by Gasteiger charge is 2.22. The number of nitrogens with one attached hydrogen (secondary N) is 1. The molecule has 33 heavy (non-hydrogen) atoms. The third-order valence-electron chi connectivity index (χ3n) is 5.64. The second kappa shape index (κ2) is 8.16. The SMILES string of the molecule is Cc1cc2c(C(N)=O)cccc2n1-c1nc(NCc2cc(F)cc(F)c2)c2c(n1)OCCC2. The highest BCUT2D eigenvalue weighted by Crippen LogP contribution is 2.32. The summed E-state index contributed by atoms with van der Waals surface area (Å²) < 4.78 is 34.9. The summed E-state index contributed by atoms with van der Waals surface area (Å²) >= 11 is 0. The van der Waals surface area contributed by atoms with Crippen LogP contribution in [0.4, 0.5) is 14.6 Å². The van der Waals surface area contributed by atoms with E-state index in [4.69, 9.17) is 15.5 Å². The van der Waals surface area contributed by atoms with Gasteiger partial charge in [0.15, 0.2) is 0 Å². The predicted octanol–water partition coefficient (Wildman–Crippen LogP) is 4.04. The molecule has 3 N–H and O–H groups in total. The van der Waals surface area contributed by atoms with Gasteiger partial charge in [-0.05, 0) is 55.7 Å². The van der Waals surface area contributed by atoms with Gasteiger partial charge in [-0.1, -0.05) is 6.07 Å². The maximum Gasteiger partial charge on any atom is 0.249 e. The Morgan fingerprint density at radius 2 is 1.97 bits per heavy atom. The number of hydrogen-bond donors (Lipinski definition) is 2. The van der Waals surface area contributed by atoms with Gasteiger partial charge in [0.25, 0.3) is 0 Å². The van der Waals surface area contributed by atoms with E-state index in [0.717, 1.165) is 29.3 Å². The number of carbonyl (C=O) groups excluding carboxylic acids is 1. The number of aromatic nitrogens is 3. The molecule has 0 unspecified atom stereocenters. The van der Waals surface area contributed by atoms with Crippen LogP contribution in [-0.4, -0.2) is 27.0 Å². The maximum absolute atomic E-state index is 13.6. The molecule has 0 radical (unpaired) electrons. The third kappa shape index (κ3) is 3.86. The molecule has 0 aliphatic carbocycles. The molecule has 2 aromatic heterocycles. The Hall–Kier alpha value is -4.01. The lowest BCUT2D eigenvalue weighted by Crippen LogP contribution is -2.17. The van der Waals surface area contributed by atoms with E-state index in [0.29, 0.717) is 47.2 Å². The average molecular weight is 449 g/mol. The fourth-order valence-electron chi connectivity index (χ4n) is 4.20. The lowest BCUT2D eigenvalue weighted by molar-refractivity contribution is 0.100. The molecule has 1 aliphatic heterocycles. The minimum atomic E-state index is -0.639. The number of rotatable bonds is 5. The first-order valence-electron chi connectivity index (χ1n) is 10.5. The number of aryl methyl sites for hydroxylation is 1. The van der Waals surface area contributed by atoms with Crippen LogP contribution in [0, 0.1) is 18.6 Å². The average Bonchev–Trinajstić information content (AvgIpc) is 3.12. The summed E-state index contributed by atoms with van der Waals surface area (Å²) in [6.07, 6.45) is 1.53. The molecule has 0 bridgehead atoms. The van der Waals surface area contributed by atoms with Crippen molar-refractivity contribution in [2.45, 2.75) is 26.3 Å². The molecule has 0 atom stereocenters. The van der Waals surface area contributed by atoms with E-state index in [-0.39, 0.29) is 6.54 Å². The molecule has 0 saturated heterocycles. The van der Waals surface area contributed by atoms with Gasteiger partial charge < -0.3 is 15.8 Å². The van der Waals surface area contributed by atoms with Crippen molar-refractivity contribution in [3.05, 3.63) is 76.5 Å². The molecular formula is C24H21F2N5O2. The molecule has 3 heterocycles. The lowest BCUT2D eigenvalue weighted by atomic mass is 10.1. The number of nitrogens with two attached hydrogens (primary N) is 1. The number of benzene rings is 2. The van der Waals surface area contributed by atoms with Crippen molar-refractivity contribution in [1.29, 1.82) is 0 Å². The zero-order chi connectivity index (χ0) is 23.1. The van der Waals surface area contributed by atoms with Crippen LogP contribution in [-0.2, 0) is 13.0 Å². The van der Waals surface area contributed by atoms with Crippen LogP contribution < -0.4 is 15.8 Å². The van der Waals surface area contributed by atoms with E-state index in [1.54, 1.807) is 12.1 Å². The normalized spacial score (nSPS) is 12.9. The highest BCUT2D eigenvalue weighted by molar-refractivity contribution is 6.06. The van der Waals surface area contributed by atoms with Crippen molar-refractivity contribution in [2.75, 3.05) is 11.9 Å². The molecular weight excluding hydrogens is 428 g/mol. The molecule has 0 fully saturated rings. The van der Waals surface area contributed by atoms with Gasteiger partial charge in [-0.3, -0.25) is 9.36 Å². The second-order valence-electron chi connectivity index (χ2n) is 7.96. The molecule has 7 nitrogen and oxygen atoms in total. The van der Waals surface area contributed by atoms with E-state index in [9.17, 15) is 13.6 Å². The van der Waals surface area contributed by atoms with Gasteiger partial charge in [0.05, 0.1) is 17.7 Å². The second-order valence-corrected chi connectivity index (χ2v) is 7.96. The standard InChI is InChI=1S/C24H21F2N5O2/c1-13-8-19-17(21(27)32)4-2-6-20(19)31(13)24-29-22(18-5-3-7-33-23(18)30-24)28-12-14-9-15(25)11-16(26)10-14/h2,4,6,8-11H,3,5,7,12H2,1H3,(H2,27,32)(H,28,29,30). The van der Waals surface area contributed by atoms with Gasteiger partial charge >= 0.3 is 0 Å². The molecule has 4 aromatic rings. The fourth-order valence-corrected chi connectivity index (χ4v) is 4.20. The zero-order valence-electron chi connectivity index (χ0n) is 17.9. The number of anilines is 1. The Labute approximate surface area is 188 Å². The number of primary amides is 1. The Bertz CT molecular complexity index is 1380. The van der Waals surface area contributed by atoms with E-state index in [1.165, 1.54) is 12.1 Å². The third-order valence-corrected chi connectivity index (χ3v) is 5.64. The van der Waals surface area contributed by atoms with Crippen molar-refractivity contribution in [3.8, 4) is 11.8 Å². The van der Waals surface area contributed by atoms with Crippen molar-refractivity contribution in [3.63, 3.8) is 0 Å². The van der Waals surface area contributed by atoms with E-state index < -0.39 is 17.5 Å². The topological polar surface area (TPSA) is 95.1 Å². The van der Waals surface area contributed by atoms with Gasteiger partial charge in [0.2, 0.25) is 17.7 Å². The molecule has 5 rings (SSSR count). The highest BCUT2D eigenvalue weighted by atomic mass is 19.1. The van der Waals surface area contributed by atoms with Crippen LogP contribution in [0.25, 0.3) is 16.9 Å². The minimum absolute atomic E-state index is 0.175. The number of hydrogen-bond acceptors (Lipinski definition) is 5. The minimum Gasteiger partial charge on any atom is -0.477 e. The lowest BCUT2D eigenvalue weighted by Gasteiger charge is -2.21. The molecule has 168 valence electrons. The summed E-state index contributed by atoms with van der Waals surface area (Å²) in [7, 11) is 0. The number of nitrogens with zero attached hydrogens (tertiary/aromatic N) is 3. The Morgan fingerprint density at radius 1 is 1.18 bits per heavy atom. The van der Waals surface area contributed by atoms with Crippen molar-refractivity contribution < 1.29 is 18.3 Å². The number of amides is 1. The molecule has 9 heteroatoms. The summed E-state index contributed by atoms with van der Waals surface area (Å²) in [6, 6.07) is 10.5. The molecule has 0 spiro atoms. The fraction of sp³-hybridized carbons (Fsp3) is 0.208. The first-order chi connectivity index (χ1) is 15.9. The monoisotopic (exact) mass is 449 g/mol. The van der Waals surface area contributed by atoms with Crippen LogP contribution in [0.2, 0.25) is 0 Å². The van der Waals surface area contributed by atoms with E-state index in [1.807, 2.05) is 23.6 Å². The number of halogens is 2. The Kier molecular flexibility index (Phi) is 5.16. The van der Waals surface area contributed by atoms with Gasteiger partial charge in [0.1, 0.15) is 17.5 Å². The quantitative estimate of drug-likeness (QED) is 0.480. The van der Waals surface area contributed by atoms with Crippen LogP contribution in [0.1, 0.15) is 33.6 Å². The van der Waals surface area contributed by atoms with Crippen molar-refractivity contribution in [2.24, 2.45) is 5.73 Å². The van der Waals surface area contributed by atoms with Gasteiger partial charge in [-0.25, -0.2) is 8.78 Å². The van der Waals surface area contributed by atoms with Crippen molar-refractivity contribution in [1.82, 2.24) is 14.5 Å². The predicted molar refractivity (Wildman–Crippen MR) is 120 cm³/mol. The van der Waals surface area contributed by atoms with Gasteiger partial charge in [-0.2, -0.15) is 9.97 Å².